The van der Waals surface area contributed by atoms with Gasteiger partial charge in [-0.1, -0.05) is 11.6 Å². The van der Waals surface area contributed by atoms with Crippen molar-refractivity contribution in [3.05, 3.63) is 41.4 Å². The predicted octanol–water partition coefficient (Wildman–Crippen LogP) is 1.45. The molecule has 2 aromatic heterocycles. The van der Waals surface area contributed by atoms with Crippen LogP contribution in [0.15, 0.2) is 30.0 Å². The average molecular weight is 372 g/mol. The highest BCUT2D eigenvalue weighted by molar-refractivity contribution is 5.96. The highest BCUT2D eigenvalue weighted by atomic mass is 16.5. The van der Waals surface area contributed by atoms with E-state index in [1.165, 1.54) is 30.0 Å². The van der Waals surface area contributed by atoms with Crippen LogP contribution in [0.2, 0.25) is 0 Å². The summed E-state index contributed by atoms with van der Waals surface area (Å²) in [5, 5.41) is 16.0. The molecule has 0 aromatic carbocycles. The Kier molecular flexibility index (Phi) is 4.93. The summed E-state index contributed by atoms with van der Waals surface area (Å²) in [5.74, 6) is -1.90. The number of rotatable bonds is 5. The van der Waals surface area contributed by atoms with Crippen LogP contribution in [0.1, 0.15) is 47.2 Å². The summed E-state index contributed by atoms with van der Waals surface area (Å²) < 4.78 is 6.14. The number of hydrogen-bond donors (Lipinski definition) is 2. The van der Waals surface area contributed by atoms with E-state index in [9.17, 15) is 14.4 Å². The maximum absolute atomic E-state index is 12.6. The summed E-state index contributed by atoms with van der Waals surface area (Å²) in [6.07, 6.45) is 5.25. The van der Waals surface area contributed by atoms with Gasteiger partial charge in [0, 0.05) is 18.7 Å². The van der Waals surface area contributed by atoms with Gasteiger partial charge in [0.15, 0.2) is 11.3 Å². The van der Waals surface area contributed by atoms with E-state index in [4.69, 9.17) is 9.84 Å². The number of carboxylic acids is 1. The number of nitrogens with one attached hydrogen (secondary N) is 1. The van der Waals surface area contributed by atoms with Gasteiger partial charge in [-0.15, -0.1) is 0 Å². The molecule has 1 atom stereocenters. The summed E-state index contributed by atoms with van der Waals surface area (Å²) in [4.78, 5) is 39.6. The van der Waals surface area contributed by atoms with E-state index in [-0.39, 0.29) is 23.0 Å². The van der Waals surface area contributed by atoms with Crippen molar-refractivity contribution in [3.8, 4) is 0 Å². The van der Waals surface area contributed by atoms with Crippen LogP contribution >= 0.6 is 0 Å². The first-order valence-electron chi connectivity index (χ1n) is 8.47. The molecule has 27 heavy (non-hydrogen) atoms. The van der Waals surface area contributed by atoms with Gasteiger partial charge in [-0.05, 0) is 26.2 Å². The van der Waals surface area contributed by atoms with Gasteiger partial charge in [0.1, 0.15) is 5.69 Å². The van der Waals surface area contributed by atoms with Crippen LogP contribution in [0.25, 0.3) is 5.65 Å². The molecule has 0 saturated heterocycles. The van der Waals surface area contributed by atoms with E-state index in [1.54, 1.807) is 0 Å². The lowest BCUT2D eigenvalue weighted by Gasteiger charge is -2.30. The number of aromatic nitrogens is 3. The van der Waals surface area contributed by atoms with Crippen molar-refractivity contribution in [2.24, 2.45) is 5.41 Å². The molecular formula is C18H20N4O5. The molecule has 0 aliphatic heterocycles. The summed E-state index contributed by atoms with van der Waals surface area (Å²) in [6, 6.07) is 2.72. The maximum atomic E-state index is 12.6. The number of carboxylic acid groups (broad SMARTS) is 1. The van der Waals surface area contributed by atoms with E-state index < -0.39 is 17.3 Å². The summed E-state index contributed by atoms with van der Waals surface area (Å²) in [7, 11) is 1.38. The quantitative estimate of drug-likeness (QED) is 0.601. The largest absolute Gasteiger partial charge is 0.477 e. The number of carbonyl (C=O) groups excluding carboxylic acids is 2. The molecule has 1 aliphatic carbocycles. The van der Waals surface area contributed by atoms with Crippen molar-refractivity contribution >= 4 is 23.5 Å². The summed E-state index contributed by atoms with van der Waals surface area (Å²) >= 11 is 0. The lowest BCUT2D eigenvalue weighted by atomic mass is 9.76. The third-order valence-electron chi connectivity index (χ3n) is 4.80. The molecule has 9 nitrogen and oxygen atoms in total. The molecule has 1 amide bonds. The molecule has 2 aromatic rings. The number of amides is 1. The zero-order valence-corrected chi connectivity index (χ0v) is 15.1. The zero-order chi connectivity index (χ0) is 19.6. The molecule has 1 aliphatic rings. The monoisotopic (exact) mass is 372 g/mol. The molecule has 9 heteroatoms. The van der Waals surface area contributed by atoms with Crippen LogP contribution < -0.4 is 5.32 Å². The van der Waals surface area contributed by atoms with Crippen molar-refractivity contribution in [1.29, 1.82) is 0 Å². The van der Waals surface area contributed by atoms with Gasteiger partial charge < -0.3 is 15.2 Å². The molecule has 0 radical (unpaired) electrons. The lowest BCUT2D eigenvalue weighted by molar-refractivity contribution is -0.152. The summed E-state index contributed by atoms with van der Waals surface area (Å²) in [5.41, 5.74) is 0.627. The lowest BCUT2D eigenvalue weighted by Crippen LogP contribution is -2.33. The van der Waals surface area contributed by atoms with E-state index in [0.717, 1.165) is 5.57 Å². The first-order chi connectivity index (χ1) is 12.8. The van der Waals surface area contributed by atoms with Crippen molar-refractivity contribution < 1.29 is 24.2 Å². The van der Waals surface area contributed by atoms with Crippen LogP contribution in [0, 0.1) is 5.41 Å². The van der Waals surface area contributed by atoms with Crippen LogP contribution in [0.4, 0.5) is 0 Å². The minimum atomic E-state index is -1.22. The SMILES string of the molecule is COC(=O)C1(C)CC=C(CNC(=O)c2cc(C(=O)O)nc3ccnn23)CC1. The molecule has 2 N–H and O–H groups in total. The van der Waals surface area contributed by atoms with Gasteiger partial charge >= 0.3 is 11.9 Å². The fourth-order valence-electron chi connectivity index (χ4n) is 3.07. The van der Waals surface area contributed by atoms with E-state index in [1.807, 2.05) is 13.0 Å². The number of hydrogen-bond acceptors (Lipinski definition) is 6. The third-order valence-corrected chi connectivity index (χ3v) is 4.80. The minimum absolute atomic E-state index is 0.0956. The Hall–Kier alpha value is -3.23. The molecule has 0 spiro atoms. The fraction of sp³-hybridized carbons (Fsp3) is 0.389. The number of carbonyl (C=O) groups is 3. The Balaban J connectivity index is 1.72. The number of esters is 1. The standard InChI is InChI=1S/C18H20N4O5/c1-18(17(26)27-2)6-3-11(4-7-18)10-19-15(23)13-9-12(16(24)25)21-14-5-8-20-22(13)14/h3,5,8-9H,4,6-7,10H2,1-2H3,(H,19,23)(H,24,25). The molecule has 0 saturated carbocycles. The van der Waals surface area contributed by atoms with E-state index in [2.05, 4.69) is 15.4 Å². The molecule has 0 fully saturated rings. The van der Waals surface area contributed by atoms with Gasteiger partial charge in [0.2, 0.25) is 0 Å². The van der Waals surface area contributed by atoms with Crippen LogP contribution in [-0.2, 0) is 9.53 Å². The maximum Gasteiger partial charge on any atom is 0.354 e. The average Bonchev–Trinajstić information content (AvgIpc) is 3.14. The number of nitrogens with zero attached hydrogens (tertiary/aromatic N) is 3. The highest BCUT2D eigenvalue weighted by Crippen LogP contribution is 2.35. The van der Waals surface area contributed by atoms with Crippen LogP contribution in [0.3, 0.4) is 0 Å². The second-order valence-electron chi connectivity index (χ2n) is 6.73. The second kappa shape index (κ2) is 7.18. The van der Waals surface area contributed by atoms with Gasteiger partial charge in [-0.3, -0.25) is 9.59 Å². The number of methoxy groups -OCH3 is 1. The van der Waals surface area contributed by atoms with E-state index >= 15 is 0 Å². The number of allylic oxidation sites excluding steroid dienone is 1. The van der Waals surface area contributed by atoms with Crippen molar-refractivity contribution in [3.63, 3.8) is 0 Å². The van der Waals surface area contributed by atoms with Gasteiger partial charge in [-0.2, -0.15) is 5.10 Å². The third kappa shape index (κ3) is 3.67. The zero-order valence-electron chi connectivity index (χ0n) is 15.1. The van der Waals surface area contributed by atoms with Gasteiger partial charge in [0.25, 0.3) is 5.91 Å². The van der Waals surface area contributed by atoms with Crippen molar-refractivity contribution in [2.45, 2.75) is 26.2 Å². The molecule has 2 heterocycles. The Morgan fingerprint density at radius 3 is 2.81 bits per heavy atom. The number of ether oxygens (including phenoxy) is 1. The van der Waals surface area contributed by atoms with Gasteiger partial charge in [0.05, 0.1) is 18.7 Å². The fourth-order valence-corrected chi connectivity index (χ4v) is 3.07. The Morgan fingerprint density at radius 2 is 2.19 bits per heavy atom. The second-order valence-corrected chi connectivity index (χ2v) is 6.73. The predicted molar refractivity (Wildman–Crippen MR) is 94.3 cm³/mol. The normalized spacial score (nSPS) is 19.4. The van der Waals surface area contributed by atoms with E-state index in [0.29, 0.717) is 25.8 Å². The van der Waals surface area contributed by atoms with Crippen LogP contribution in [-0.4, -0.2) is 51.2 Å². The first-order valence-corrected chi connectivity index (χ1v) is 8.47. The molecule has 3 rings (SSSR count). The Labute approximate surface area is 155 Å². The Morgan fingerprint density at radius 1 is 1.41 bits per heavy atom. The molecule has 1 unspecified atom stereocenters. The highest BCUT2D eigenvalue weighted by Gasteiger charge is 2.35. The molecular weight excluding hydrogens is 352 g/mol. The summed E-state index contributed by atoms with van der Waals surface area (Å²) in [6.45, 7) is 2.17. The smallest absolute Gasteiger partial charge is 0.354 e. The number of fused-ring (bicyclic) bond motifs is 1. The molecule has 142 valence electrons. The van der Waals surface area contributed by atoms with Crippen molar-refractivity contribution in [2.75, 3.05) is 13.7 Å². The Bertz CT molecular complexity index is 948. The first kappa shape index (κ1) is 18.6. The minimum Gasteiger partial charge on any atom is -0.477 e. The van der Waals surface area contributed by atoms with Crippen molar-refractivity contribution in [1.82, 2.24) is 19.9 Å². The van der Waals surface area contributed by atoms with Gasteiger partial charge in [-0.25, -0.2) is 14.3 Å². The molecule has 0 bridgehead atoms. The number of aromatic carboxylic acids is 1. The topological polar surface area (TPSA) is 123 Å². The van der Waals surface area contributed by atoms with Crippen LogP contribution in [0.5, 0.6) is 0 Å².